The van der Waals surface area contributed by atoms with Gasteiger partial charge in [0.1, 0.15) is 0 Å². The van der Waals surface area contributed by atoms with Gasteiger partial charge in [-0.15, -0.1) is 24.0 Å². The molecule has 21 heavy (non-hydrogen) atoms. The normalized spacial score (nSPS) is 12.6. The topological polar surface area (TPSA) is 62.7 Å². The quantitative estimate of drug-likeness (QED) is 0.201. The maximum Gasteiger partial charge on any atom is 0.305 e. The second kappa shape index (κ2) is 14.4. The van der Waals surface area contributed by atoms with Gasteiger partial charge in [0.05, 0.1) is 6.61 Å². The Hall–Kier alpha value is -0.530. The van der Waals surface area contributed by atoms with Crippen molar-refractivity contribution in [3.63, 3.8) is 0 Å². The molecule has 0 aliphatic rings. The van der Waals surface area contributed by atoms with Gasteiger partial charge in [-0.05, 0) is 39.0 Å². The molecule has 0 heterocycles. The minimum absolute atomic E-state index is 0. The minimum atomic E-state index is -0.137. The number of carbonyl (C=O) groups excluding carboxylic acids is 1. The van der Waals surface area contributed by atoms with E-state index in [2.05, 4.69) is 36.4 Å². The number of ether oxygens (including phenoxy) is 1. The summed E-state index contributed by atoms with van der Waals surface area (Å²) in [7, 11) is 1.76. The Balaban J connectivity index is 0. The van der Waals surface area contributed by atoms with Crippen LogP contribution >= 0.6 is 24.0 Å². The third-order valence-electron chi connectivity index (χ3n) is 2.94. The molecule has 1 unspecified atom stereocenters. The summed E-state index contributed by atoms with van der Waals surface area (Å²) in [5.74, 6) is 1.38. The Bertz CT molecular complexity index is 297. The Morgan fingerprint density at radius 3 is 2.43 bits per heavy atom. The van der Waals surface area contributed by atoms with Gasteiger partial charge in [0, 0.05) is 26.1 Å². The van der Waals surface area contributed by atoms with Crippen molar-refractivity contribution in [2.75, 3.05) is 20.2 Å². The van der Waals surface area contributed by atoms with Crippen molar-refractivity contribution in [1.82, 2.24) is 10.6 Å². The number of guanidine groups is 1. The number of rotatable bonds is 9. The van der Waals surface area contributed by atoms with E-state index in [0.717, 1.165) is 31.3 Å². The highest BCUT2D eigenvalue weighted by Gasteiger charge is 2.06. The summed E-state index contributed by atoms with van der Waals surface area (Å²) in [6.07, 6.45) is 3.52. The first-order valence-corrected chi connectivity index (χ1v) is 7.62. The van der Waals surface area contributed by atoms with E-state index in [-0.39, 0.29) is 29.9 Å². The molecule has 0 aromatic rings. The molecule has 0 aromatic carbocycles. The second-order valence-corrected chi connectivity index (χ2v) is 5.42. The van der Waals surface area contributed by atoms with Crippen molar-refractivity contribution in [2.24, 2.45) is 10.9 Å². The largest absolute Gasteiger partial charge is 0.466 e. The summed E-state index contributed by atoms with van der Waals surface area (Å²) < 4.78 is 4.88. The smallest absolute Gasteiger partial charge is 0.305 e. The van der Waals surface area contributed by atoms with Crippen molar-refractivity contribution < 1.29 is 9.53 Å². The van der Waals surface area contributed by atoms with E-state index < -0.39 is 0 Å². The van der Waals surface area contributed by atoms with Crippen LogP contribution in [-0.2, 0) is 9.53 Å². The molecule has 0 aromatic heterocycles. The van der Waals surface area contributed by atoms with Crippen LogP contribution in [0.1, 0.15) is 53.4 Å². The molecule has 0 amide bonds. The maximum absolute atomic E-state index is 11.2. The van der Waals surface area contributed by atoms with Crippen LogP contribution in [0, 0.1) is 5.92 Å². The van der Waals surface area contributed by atoms with Gasteiger partial charge in [0.15, 0.2) is 5.96 Å². The van der Waals surface area contributed by atoms with Crippen LogP contribution in [0.15, 0.2) is 4.99 Å². The van der Waals surface area contributed by atoms with Crippen LogP contribution in [0.3, 0.4) is 0 Å². The summed E-state index contributed by atoms with van der Waals surface area (Å²) in [6, 6.07) is 0.397. The van der Waals surface area contributed by atoms with Crippen LogP contribution in [0.4, 0.5) is 0 Å². The predicted octanol–water partition coefficient (Wildman–Crippen LogP) is 2.94. The monoisotopic (exact) mass is 413 g/mol. The fourth-order valence-corrected chi connectivity index (χ4v) is 1.76. The SMILES string of the molecule is CCOC(=O)CCCNC(=NC)NC(C)CCC(C)C.I. The highest BCUT2D eigenvalue weighted by Crippen LogP contribution is 2.06. The number of nitrogens with one attached hydrogen (secondary N) is 2. The molecule has 0 radical (unpaired) electrons. The molecule has 0 aliphatic heterocycles. The Morgan fingerprint density at radius 2 is 1.90 bits per heavy atom. The van der Waals surface area contributed by atoms with Gasteiger partial charge < -0.3 is 15.4 Å². The van der Waals surface area contributed by atoms with E-state index in [0.29, 0.717) is 19.1 Å². The molecule has 6 heteroatoms. The van der Waals surface area contributed by atoms with Gasteiger partial charge in [-0.25, -0.2) is 0 Å². The van der Waals surface area contributed by atoms with Crippen LogP contribution < -0.4 is 10.6 Å². The third-order valence-corrected chi connectivity index (χ3v) is 2.94. The van der Waals surface area contributed by atoms with Crippen molar-refractivity contribution in [2.45, 2.75) is 59.4 Å². The fourth-order valence-electron chi connectivity index (χ4n) is 1.76. The van der Waals surface area contributed by atoms with Crippen molar-refractivity contribution in [3.8, 4) is 0 Å². The first-order chi connectivity index (χ1) is 9.49. The summed E-state index contributed by atoms with van der Waals surface area (Å²) in [4.78, 5) is 15.4. The molecule has 0 saturated heterocycles. The van der Waals surface area contributed by atoms with E-state index in [4.69, 9.17) is 4.74 Å². The van der Waals surface area contributed by atoms with Gasteiger partial charge in [0.2, 0.25) is 0 Å². The van der Waals surface area contributed by atoms with Gasteiger partial charge >= 0.3 is 5.97 Å². The molecule has 0 rings (SSSR count). The van der Waals surface area contributed by atoms with Crippen molar-refractivity contribution in [3.05, 3.63) is 0 Å². The average Bonchev–Trinajstić information content (AvgIpc) is 2.40. The molecule has 1 atom stereocenters. The van der Waals surface area contributed by atoms with Gasteiger partial charge in [-0.2, -0.15) is 0 Å². The molecular weight excluding hydrogens is 381 g/mol. The first kappa shape index (κ1) is 22.7. The molecule has 126 valence electrons. The molecule has 0 spiro atoms. The van der Waals surface area contributed by atoms with Crippen molar-refractivity contribution >= 4 is 35.9 Å². The molecule has 0 saturated carbocycles. The number of aliphatic imine (C=N–C) groups is 1. The third kappa shape index (κ3) is 14.2. The van der Waals surface area contributed by atoms with E-state index in [1.807, 2.05) is 6.92 Å². The molecule has 0 fully saturated rings. The van der Waals surface area contributed by atoms with E-state index in [1.165, 1.54) is 6.42 Å². The molecule has 2 N–H and O–H groups in total. The first-order valence-electron chi connectivity index (χ1n) is 7.62. The number of nitrogens with zero attached hydrogens (tertiary/aromatic N) is 1. The van der Waals surface area contributed by atoms with E-state index in [9.17, 15) is 4.79 Å². The summed E-state index contributed by atoms with van der Waals surface area (Å²) in [5, 5.41) is 6.57. The molecule has 0 bridgehead atoms. The number of hydrogen-bond donors (Lipinski definition) is 2. The van der Waals surface area contributed by atoms with E-state index >= 15 is 0 Å². The highest BCUT2D eigenvalue weighted by molar-refractivity contribution is 14.0. The lowest BCUT2D eigenvalue weighted by molar-refractivity contribution is -0.143. The minimum Gasteiger partial charge on any atom is -0.466 e. The number of halogens is 1. The van der Waals surface area contributed by atoms with Gasteiger partial charge in [-0.3, -0.25) is 9.79 Å². The zero-order valence-corrected chi connectivity index (χ0v) is 16.4. The number of hydrogen-bond acceptors (Lipinski definition) is 3. The van der Waals surface area contributed by atoms with E-state index in [1.54, 1.807) is 7.05 Å². The molecule has 0 aliphatic carbocycles. The zero-order chi connectivity index (χ0) is 15.4. The van der Waals surface area contributed by atoms with Crippen LogP contribution in [0.5, 0.6) is 0 Å². The predicted molar refractivity (Wildman–Crippen MR) is 99.3 cm³/mol. The van der Waals surface area contributed by atoms with Gasteiger partial charge in [-0.1, -0.05) is 13.8 Å². The molecular formula is C15H32IN3O2. The Morgan fingerprint density at radius 1 is 1.24 bits per heavy atom. The number of carbonyl (C=O) groups is 1. The fraction of sp³-hybridized carbons (Fsp3) is 0.867. The maximum atomic E-state index is 11.2. The lowest BCUT2D eigenvalue weighted by Crippen LogP contribution is -2.42. The summed E-state index contributed by atoms with van der Waals surface area (Å²) >= 11 is 0. The van der Waals surface area contributed by atoms with Gasteiger partial charge in [0.25, 0.3) is 0 Å². The Kier molecular flexibility index (Phi) is 15.6. The lowest BCUT2D eigenvalue weighted by atomic mass is 10.0. The van der Waals surface area contributed by atoms with Crippen LogP contribution in [0.25, 0.3) is 0 Å². The lowest BCUT2D eigenvalue weighted by Gasteiger charge is -2.18. The highest BCUT2D eigenvalue weighted by atomic mass is 127. The zero-order valence-electron chi connectivity index (χ0n) is 14.1. The standard InChI is InChI=1S/C15H31N3O2.HI/c1-6-20-14(19)8-7-11-17-15(16-5)18-13(4)10-9-12(2)3;/h12-13H,6-11H2,1-5H3,(H2,16,17,18);1H. The molecule has 5 nitrogen and oxygen atoms in total. The Labute approximate surface area is 146 Å². The number of esters is 1. The van der Waals surface area contributed by atoms with Crippen molar-refractivity contribution in [1.29, 1.82) is 0 Å². The average molecular weight is 413 g/mol. The van der Waals surface area contributed by atoms with Crippen LogP contribution in [-0.4, -0.2) is 38.2 Å². The second-order valence-electron chi connectivity index (χ2n) is 5.42. The summed E-state index contributed by atoms with van der Waals surface area (Å²) in [6.45, 7) is 9.61. The van der Waals surface area contributed by atoms with Crippen LogP contribution in [0.2, 0.25) is 0 Å². The summed E-state index contributed by atoms with van der Waals surface area (Å²) in [5.41, 5.74) is 0.